The van der Waals surface area contributed by atoms with E-state index in [1.54, 1.807) is 18.9 Å². The summed E-state index contributed by atoms with van der Waals surface area (Å²) in [6, 6.07) is 8.12. The van der Waals surface area contributed by atoms with Crippen molar-refractivity contribution in [2.24, 2.45) is 4.99 Å². The van der Waals surface area contributed by atoms with E-state index in [-0.39, 0.29) is 11.9 Å². The van der Waals surface area contributed by atoms with Gasteiger partial charge < -0.3 is 4.74 Å². The first-order valence-electron chi connectivity index (χ1n) is 9.16. The lowest BCUT2D eigenvalue weighted by atomic mass is 9.84. The van der Waals surface area contributed by atoms with Crippen molar-refractivity contribution >= 4 is 46.4 Å². The molecule has 1 aromatic rings. The quantitative estimate of drug-likeness (QED) is 0.692. The first kappa shape index (κ1) is 17.8. The monoisotopic (exact) mass is 416 g/mol. The van der Waals surface area contributed by atoms with Crippen LogP contribution in [0.4, 0.5) is 0 Å². The molecule has 7 heteroatoms. The average molecular weight is 417 g/mol. The van der Waals surface area contributed by atoms with Gasteiger partial charge in [0.25, 0.3) is 0 Å². The number of allylic oxidation sites excluding steroid dienone is 1. The Kier molecular flexibility index (Phi) is 4.78. The number of aliphatic imine (C=N–C) groups is 1. The molecule has 5 rings (SSSR count). The molecule has 0 aromatic heterocycles. The first-order chi connectivity index (χ1) is 13.3. The molecule has 0 radical (unpaired) electrons. The molecule has 0 bridgehead atoms. The zero-order valence-electron chi connectivity index (χ0n) is 15.1. The molecule has 4 aliphatic rings. The van der Waals surface area contributed by atoms with E-state index in [1.807, 2.05) is 40.6 Å². The van der Waals surface area contributed by atoms with E-state index in [9.17, 15) is 4.79 Å². The average Bonchev–Trinajstić information content (AvgIpc) is 3.37. The minimum absolute atomic E-state index is 0.0341. The Bertz CT molecular complexity index is 881. The lowest BCUT2D eigenvalue weighted by molar-refractivity contribution is -0.125. The van der Waals surface area contributed by atoms with Crippen LogP contribution in [0.25, 0.3) is 0 Å². The van der Waals surface area contributed by atoms with Crippen molar-refractivity contribution in [3.05, 3.63) is 50.9 Å². The van der Waals surface area contributed by atoms with Crippen LogP contribution in [-0.4, -0.2) is 40.3 Å². The highest BCUT2D eigenvalue weighted by molar-refractivity contribution is 8.25. The summed E-state index contributed by atoms with van der Waals surface area (Å²) in [4.78, 5) is 19.6. The molecule has 2 fully saturated rings. The number of carbonyl (C=O) groups is 1. The van der Waals surface area contributed by atoms with Crippen LogP contribution < -0.4 is 4.74 Å². The Balaban J connectivity index is 1.66. The molecule has 1 aromatic carbocycles. The summed E-state index contributed by atoms with van der Waals surface area (Å²) in [7, 11) is 1.68. The molecular formula is C20H20N2O2S3. The van der Waals surface area contributed by atoms with E-state index < -0.39 is 0 Å². The maximum Gasteiger partial charge on any atom is 0.239 e. The summed E-state index contributed by atoms with van der Waals surface area (Å²) >= 11 is 5.51. The Morgan fingerprint density at radius 2 is 1.89 bits per heavy atom. The molecule has 1 aliphatic carbocycles. The van der Waals surface area contributed by atoms with Crippen molar-refractivity contribution in [1.82, 2.24) is 4.90 Å². The van der Waals surface area contributed by atoms with Gasteiger partial charge in [0, 0.05) is 15.7 Å². The second kappa shape index (κ2) is 7.26. The van der Waals surface area contributed by atoms with Crippen molar-refractivity contribution in [2.75, 3.05) is 24.4 Å². The number of amides is 1. The van der Waals surface area contributed by atoms with Crippen molar-refractivity contribution in [3.63, 3.8) is 0 Å². The highest BCUT2D eigenvalue weighted by Gasteiger charge is 2.42. The third-order valence-electron chi connectivity index (χ3n) is 5.29. The third-order valence-corrected chi connectivity index (χ3v) is 9.02. The molecular weight excluding hydrogens is 396 g/mol. The van der Waals surface area contributed by atoms with Crippen LogP contribution in [0.1, 0.15) is 30.9 Å². The van der Waals surface area contributed by atoms with E-state index in [2.05, 4.69) is 12.1 Å². The molecule has 27 heavy (non-hydrogen) atoms. The molecule has 140 valence electrons. The fourth-order valence-electron chi connectivity index (χ4n) is 4.08. The van der Waals surface area contributed by atoms with Gasteiger partial charge in [-0.15, -0.1) is 23.5 Å². The van der Waals surface area contributed by atoms with Gasteiger partial charge in [0.05, 0.1) is 24.6 Å². The lowest BCUT2D eigenvalue weighted by Crippen LogP contribution is -2.38. The van der Waals surface area contributed by atoms with E-state index in [4.69, 9.17) is 9.73 Å². The summed E-state index contributed by atoms with van der Waals surface area (Å²) in [5, 5.41) is 0.868. The minimum atomic E-state index is -0.0341. The molecule has 1 atom stereocenters. The van der Waals surface area contributed by atoms with Crippen LogP contribution in [0.15, 0.2) is 50.3 Å². The zero-order valence-corrected chi connectivity index (χ0v) is 17.5. The fraction of sp³-hybridized carbons (Fsp3) is 0.400. The van der Waals surface area contributed by atoms with E-state index in [1.165, 1.54) is 26.9 Å². The maximum atomic E-state index is 12.7. The summed E-state index contributed by atoms with van der Waals surface area (Å²) in [6.45, 7) is 0. The first-order valence-corrected chi connectivity index (χ1v) is 12.1. The largest absolute Gasteiger partial charge is 0.497 e. The number of benzene rings is 1. The van der Waals surface area contributed by atoms with Gasteiger partial charge >= 0.3 is 0 Å². The minimum Gasteiger partial charge on any atom is -0.497 e. The van der Waals surface area contributed by atoms with Crippen LogP contribution in [0.2, 0.25) is 0 Å². The number of carbonyl (C=O) groups excluding carboxylic acids is 1. The highest BCUT2D eigenvalue weighted by atomic mass is 32.2. The number of amidine groups is 1. The Hall–Kier alpha value is -1.31. The second-order valence-corrected chi connectivity index (χ2v) is 10.2. The number of fused-ring (bicyclic) bond motifs is 1. The van der Waals surface area contributed by atoms with Gasteiger partial charge in [0.2, 0.25) is 5.91 Å². The summed E-state index contributed by atoms with van der Waals surface area (Å²) in [5.41, 5.74) is 5.02. The second-order valence-electron chi connectivity index (χ2n) is 6.81. The summed E-state index contributed by atoms with van der Waals surface area (Å²) in [6.07, 6.45) is 3.23. The fourth-order valence-corrected chi connectivity index (χ4v) is 7.59. The van der Waals surface area contributed by atoms with Crippen molar-refractivity contribution in [3.8, 4) is 5.75 Å². The topological polar surface area (TPSA) is 41.9 Å². The van der Waals surface area contributed by atoms with Gasteiger partial charge in [-0.2, -0.15) is 0 Å². The van der Waals surface area contributed by atoms with Gasteiger partial charge in [-0.25, -0.2) is 4.99 Å². The third kappa shape index (κ3) is 3.04. The Morgan fingerprint density at radius 3 is 2.63 bits per heavy atom. The van der Waals surface area contributed by atoms with Gasteiger partial charge in [0.1, 0.15) is 5.75 Å². The van der Waals surface area contributed by atoms with Gasteiger partial charge in [-0.1, -0.05) is 23.9 Å². The molecule has 0 N–H and O–H groups in total. The maximum absolute atomic E-state index is 12.7. The molecule has 1 amide bonds. The van der Waals surface area contributed by atoms with Crippen molar-refractivity contribution < 1.29 is 9.53 Å². The lowest BCUT2D eigenvalue weighted by Gasteiger charge is -2.37. The van der Waals surface area contributed by atoms with Crippen LogP contribution >= 0.6 is 35.3 Å². The number of hydrogen-bond acceptors (Lipinski definition) is 6. The number of nitrogens with zero attached hydrogens (tertiary/aromatic N) is 2. The number of rotatable bonds is 2. The standard InChI is InChI=1S/C20H20N2O2S3/c1-24-13-7-5-12(6-8-13)18-14-3-2-4-15(19-25-9-10-26-19)17(14)21-20-22(18)16(23)11-27-20/h5-8,18H,2-4,9-11H2,1H3. The Labute approximate surface area is 171 Å². The van der Waals surface area contributed by atoms with E-state index in [0.717, 1.165) is 41.4 Å². The van der Waals surface area contributed by atoms with Crippen molar-refractivity contribution in [2.45, 2.75) is 25.3 Å². The van der Waals surface area contributed by atoms with Crippen LogP contribution in [0.3, 0.4) is 0 Å². The van der Waals surface area contributed by atoms with Gasteiger partial charge in [0.15, 0.2) is 5.17 Å². The zero-order chi connectivity index (χ0) is 18.4. The SMILES string of the molecule is COc1ccc(C2C3=C(N=C4SCC(=O)N42)C(=C2SCCS2)CCC3)cc1. The molecule has 0 saturated carbocycles. The Morgan fingerprint density at radius 1 is 1.11 bits per heavy atom. The number of hydrogen-bond donors (Lipinski definition) is 0. The van der Waals surface area contributed by atoms with Crippen LogP contribution in [-0.2, 0) is 4.79 Å². The number of thioether (sulfide) groups is 3. The predicted octanol–water partition coefficient (Wildman–Crippen LogP) is 4.81. The van der Waals surface area contributed by atoms with Crippen molar-refractivity contribution in [1.29, 1.82) is 0 Å². The van der Waals surface area contributed by atoms with Crippen LogP contribution in [0, 0.1) is 0 Å². The highest BCUT2D eigenvalue weighted by Crippen LogP contribution is 2.51. The number of methoxy groups -OCH3 is 1. The molecule has 4 nitrogen and oxygen atoms in total. The predicted molar refractivity (Wildman–Crippen MR) is 115 cm³/mol. The summed E-state index contributed by atoms with van der Waals surface area (Å²) in [5.74, 6) is 3.86. The molecule has 2 saturated heterocycles. The van der Waals surface area contributed by atoms with Gasteiger partial charge in [-0.05, 0) is 48.1 Å². The smallest absolute Gasteiger partial charge is 0.239 e. The van der Waals surface area contributed by atoms with Gasteiger partial charge in [-0.3, -0.25) is 9.69 Å². The number of ether oxygens (including phenoxy) is 1. The van der Waals surface area contributed by atoms with E-state index in [0.29, 0.717) is 5.75 Å². The molecule has 3 heterocycles. The van der Waals surface area contributed by atoms with Crippen LogP contribution in [0.5, 0.6) is 5.75 Å². The summed E-state index contributed by atoms with van der Waals surface area (Å²) < 4.78 is 6.77. The van der Waals surface area contributed by atoms with E-state index >= 15 is 0 Å². The normalized spacial score (nSPS) is 24.9. The molecule has 1 unspecified atom stereocenters. The molecule has 0 spiro atoms. The molecule has 3 aliphatic heterocycles.